The van der Waals surface area contributed by atoms with Crippen molar-refractivity contribution in [3.8, 4) is 0 Å². The number of primary amides is 1. The third kappa shape index (κ3) is 1.13. The zero-order valence-corrected chi connectivity index (χ0v) is 5.94. The van der Waals surface area contributed by atoms with Gasteiger partial charge in [-0.25, -0.2) is 8.78 Å². The summed E-state index contributed by atoms with van der Waals surface area (Å²) in [5.41, 5.74) is 3.77. The van der Waals surface area contributed by atoms with E-state index in [1.54, 1.807) is 0 Å². The Morgan fingerprint density at radius 2 is 2.00 bits per heavy atom. The Labute approximate surface area is 63.1 Å². The molecule has 0 saturated heterocycles. The smallest absolute Gasteiger partial charge is 0.250 e. The van der Waals surface area contributed by atoms with Crippen LogP contribution in [0.1, 0.15) is 12.8 Å². The highest BCUT2D eigenvalue weighted by atomic mass is 19.3. The molecule has 11 heavy (non-hydrogen) atoms. The normalized spacial score (nSPS) is 25.3. The maximum Gasteiger partial charge on any atom is 0.250 e. The molecule has 0 heterocycles. The Balaban J connectivity index is 2.72. The van der Waals surface area contributed by atoms with Gasteiger partial charge in [-0.1, -0.05) is 6.08 Å². The van der Waals surface area contributed by atoms with E-state index >= 15 is 0 Å². The molecule has 0 aromatic carbocycles. The van der Waals surface area contributed by atoms with Gasteiger partial charge in [0.2, 0.25) is 5.91 Å². The lowest BCUT2D eigenvalue weighted by molar-refractivity contribution is -0.164. The molecule has 0 radical (unpaired) electrons. The van der Waals surface area contributed by atoms with E-state index in [0.29, 0.717) is 0 Å². The third-order valence-electron chi connectivity index (χ3n) is 2.03. The molecule has 0 aromatic rings. The van der Waals surface area contributed by atoms with Crippen molar-refractivity contribution in [3.63, 3.8) is 0 Å². The zero-order chi connectivity index (χ0) is 8.70. The van der Waals surface area contributed by atoms with E-state index < -0.39 is 30.1 Å². The number of amides is 1. The number of hydrogen-bond acceptors (Lipinski definition) is 1. The third-order valence-corrected chi connectivity index (χ3v) is 2.03. The minimum Gasteiger partial charge on any atom is -0.369 e. The topological polar surface area (TPSA) is 43.1 Å². The maximum absolute atomic E-state index is 12.3. The first-order valence-corrected chi connectivity index (χ1v) is 3.23. The van der Waals surface area contributed by atoms with Crippen molar-refractivity contribution in [2.75, 3.05) is 0 Å². The number of alkyl halides is 2. The van der Waals surface area contributed by atoms with Crippen LogP contribution in [0.2, 0.25) is 0 Å². The Hall–Kier alpha value is -0.930. The van der Waals surface area contributed by atoms with Gasteiger partial charge in [-0.05, 0) is 0 Å². The molecule has 62 valence electrons. The highest BCUT2D eigenvalue weighted by molar-refractivity contribution is 5.84. The standard InChI is InChI=1S/C7H9F2NO/c1-2-6(5(10)11)3-7(8,9)4-6/h2H,1,3-4H2,(H2,10,11). The molecule has 2 N–H and O–H groups in total. The van der Waals surface area contributed by atoms with Gasteiger partial charge in [-0.15, -0.1) is 6.58 Å². The maximum atomic E-state index is 12.3. The SMILES string of the molecule is C=CC1(C(N)=O)CC(F)(F)C1. The van der Waals surface area contributed by atoms with E-state index in [1.165, 1.54) is 6.08 Å². The fourth-order valence-electron chi connectivity index (χ4n) is 1.29. The lowest BCUT2D eigenvalue weighted by atomic mass is 9.65. The number of nitrogens with two attached hydrogens (primary N) is 1. The van der Waals surface area contributed by atoms with Crippen LogP contribution >= 0.6 is 0 Å². The fraction of sp³-hybridized carbons (Fsp3) is 0.571. The van der Waals surface area contributed by atoms with Gasteiger partial charge in [0.05, 0.1) is 5.41 Å². The van der Waals surface area contributed by atoms with Gasteiger partial charge in [-0.2, -0.15) is 0 Å². The van der Waals surface area contributed by atoms with Crippen LogP contribution < -0.4 is 5.73 Å². The van der Waals surface area contributed by atoms with Gasteiger partial charge >= 0.3 is 0 Å². The lowest BCUT2D eigenvalue weighted by Crippen LogP contribution is -2.52. The highest BCUT2D eigenvalue weighted by Gasteiger charge is 2.58. The van der Waals surface area contributed by atoms with Crippen LogP contribution in [0.15, 0.2) is 12.7 Å². The van der Waals surface area contributed by atoms with Crippen LogP contribution in [0.5, 0.6) is 0 Å². The second-order valence-electron chi connectivity index (χ2n) is 2.93. The molecule has 1 amide bonds. The first kappa shape index (κ1) is 8.17. The summed E-state index contributed by atoms with van der Waals surface area (Å²) in [5.74, 6) is -3.44. The molecule has 2 nitrogen and oxygen atoms in total. The summed E-state index contributed by atoms with van der Waals surface area (Å²) in [6.45, 7) is 3.31. The van der Waals surface area contributed by atoms with Gasteiger partial charge in [0.25, 0.3) is 5.92 Å². The molecule has 1 rings (SSSR count). The number of hydrogen-bond donors (Lipinski definition) is 1. The summed E-state index contributed by atoms with van der Waals surface area (Å²) in [6.07, 6.45) is 0.240. The van der Waals surface area contributed by atoms with Crippen molar-refractivity contribution >= 4 is 5.91 Å². The summed E-state index contributed by atoms with van der Waals surface area (Å²) in [4.78, 5) is 10.6. The molecule has 0 spiro atoms. The van der Waals surface area contributed by atoms with E-state index in [2.05, 4.69) is 6.58 Å². The van der Waals surface area contributed by atoms with E-state index in [1.807, 2.05) is 0 Å². The molecule has 1 aliphatic carbocycles. The van der Waals surface area contributed by atoms with Gasteiger partial charge in [0, 0.05) is 12.8 Å². The first-order valence-electron chi connectivity index (χ1n) is 3.23. The molecule has 0 atom stereocenters. The molecule has 0 aromatic heterocycles. The summed E-state index contributed by atoms with van der Waals surface area (Å²) >= 11 is 0. The van der Waals surface area contributed by atoms with Crippen LogP contribution in [0, 0.1) is 5.41 Å². The molecule has 1 saturated carbocycles. The van der Waals surface area contributed by atoms with E-state index in [0.717, 1.165) is 0 Å². The lowest BCUT2D eigenvalue weighted by Gasteiger charge is -2.42. The van der Waals surface area contributed by atoms with Gasteiger partial charge in [0.15, 0.2) is 0 Å². The average molecular weight is 161 g/mol. The highest BCUT2D eigenvalue weighted by Crippen LogP contribution is 2.52. The minimum atomic E-state index is -2.73. The summed E-state index contributed by atoms with van der Waals surface area (Å²) in [6, 6.07) is 0. The molecule has 0 bridgehead atoms. The van der Waals surface area contributed by atoms with Crippen molar-refractivity contribution in [2.45, 2.75) is 18.8 Å². The van der Waals surface area contributed by atoms with Gasteiger partial charge in [0.1, 0.15) is 0 Å². The van der Waals surface area contributed by atoms with Crippen molar-refractivity contribution in [1.29, 1.82) is 0 Å². The number of carbonyl (C=O) groups is 1. The monoisotopic (exact) mass is 161 g/mol. The molecule has 0 unspecified atom stereocenters. The van der Waals surface area contributed by atoms with Crippen LogP contribution in [-0.2, 0) is 4.79 Å². The summed E-state index contributed by atoms with van der Waals surface area (Å²) in [5, 5.41) is 0. The molecule has 4 heteroatoms. The largest absolute Gasteiger partial charge is 0.369 e. The average Bonchev–Trinajstić information content (AvgIpc) is 1.81. The number of carbonyl (C=O) groups excluding carboxylic acids is 1. The Kier molecular flexibility index (Phi) is 1.51. The quantitative estimate of drug-likeness (QED) is 0.605. The van der Waals surface area contributed by atoms with Gasteiger partial charge < -0.3 is 5.73 Å². The number of rotatable bonds is 2. The van der Waals surface area contributed by atoms with E-state index in [-0.39, 0.29) is 0 Å². The first-order chi connectivity index (χ1) is 4.92. The second-order valence-corrected chi connectivity index (χ2v) is 2.93. The van der Waals surface area contributed by atoms with Crippen molar-refractivity contribution in [2.24, 2.45) is 11.1 Å². The Morgan fingerprint density at radius 3 is 2.09 bits per heavy atom. The van der Waals surface area contributed by atoms with Gasteiger partial charge in [-0.3, -0.25) is 4.79 Å². The van der Waals surface area contributed by atoms with Crippen LogP contribution in [0.25, 0.3) is 0 Å². The molecular formula is C7H9F2NO. The summed E-state index contributed by atoms with van der Waals surface area (Å²) < 4.78 is 24.6. The Morgan fingerprint density at radius 1 is 1.55 bits per heavy atom. The van der Waals surface area contributed by atoms with Crippen molar-refractivity contribution in [3.05, 3.63) is 12.7 Å². The Bertz CT molecular complexity index is 204. The predicted molar refractivity (Wildman–Crippen MR) is 36.0 cm³/mol. The van der Waals surface area contributed by atoms with Crippen LogP contribution in [-0.4, -0.2) is 11.8 Å². The molecule has 1 fully saturated rings. The molecular weight excluding hydrogens is 152 g/mol. The molecule has 0 aliphatic heterocycles. The second kappa shape index (κ2) is 2.03. The van der Waals surface area contributed by atoms with E-state index in [4.69, 9.17) is 5.73 Å². The van der Waals surface area contributed by atoms with E-state index in [9.17, 15) is 13.6 Å². The predicted octanol–water partition coefficient (Wildman–Crippen LogP) is 1.07. The van der Waals surface area contributed by atoms with Crippen molar-refractivity contribution < 1.29 is 13.6 Å². The van der Waals surface area contributed by atoms with Crippen molar-refractivity contribution in [1.82, 2.24) is 0 Å². The summed E-state index contributed by atoms with van der Waals surface area (Å²) in [7, 11) is 0. The minimum absolute atomic E-state index is 0.487. The van der Waals surface area contributed by atoms with Crippen LogP contribution in [0.4, 0.5) is 8.78 Å². The molecule has 1 aliphatic rings. The van der Waals surface area contributed by atoms with Crippen LogP contribution in [0.3, 0.4) is 0 Å². The fourth-order valence-corrected chi connectivity index (χ4v) is 1.29. The number of halogens is 2. The zero-order valence-electron chi connectivity index (χ0n) is 5.94.